The topological polar surface area (TPSA) is 57.7 Å². The number of benzene rings is 1. The van der Waals surface area contributed by atoms with Gasteiger partial charge in [0.1, 0.15) is 6.54 Å². The van der Waals surface area contributed by atoms with Gasteiger partial charge in [0.25, 0.3) is 5.91 Å². The Kier molecular flexibility index (Phi) is 4.11. The highest BCUT2D eigenvalue weighted by Gasteiger charge is 2.38. The van der Waals surface area contributed by atoms with Crippen LogP contribution in [-0.2, 0) is 16.1 Å². The third-order valence-electron chi connectivity index (χ3n) is 3.48. The first-order valence-electron chi connectivity index (χ1n) is 6.95. The first-order chi connectivity index (χ1) is 9.79. The zero-order chi connectivity index (χ0) is 15.6. The fraction of sp³-hybridized carbons (Fsp3) is 0.438. The number of carbonyl (C=O) groups excluding carboxylic acids is 3. The fourth-order valence-corrected chi connectivity index (χ4v) is 2.05. The molecule has 0 atom stereocenters. The summed E-state index contributed by atoms with van der Waals surface area (Å²) in [6, 6.07) is 8.95. The van der Waals surface area contributed by atoms with E-state index in [4.69, 9.17) is 0 Å². The van der Waals surface area contributed by atoms with E-state index in [2.05, 4.69) is 0 Å². The highest BCUT2D eigenvalue weighted by molar-refractivity contribution is 6.03. The second kappa shape index (κ2) is 5.68. The second-order valence-corrected chi connectivity index (χ2v) is 6.28. The van der Waals surface area contributed by atoms with Crippen LogP contribution in [0.3, 0.4) is 0 Å². The number of hydrogen-bond donors (Lipinski definition) is 0. The van der Waals surface area contributed by atoms with Gasteiger partial charge in [-0.15, -0.1) is 0 Å². The number of Topliss-reactive ketones (excluding diaryl/α,β-unsaturated/α-hetero) is 1. The molecule has 0 unspecified atom stereocenters. The van der Waals surface area contributed by atoms with E-state index in [0.717, 1.165) is 5.56 Å². The summed E-state index contributed by atoms with van der Waals surface area (Å²) in [6.07, 6.45) is 0. The van der Waals surface area contributed by atoms with Crippen molar-refractivity contribution < 1.29 is 14.4 Å². The summed E-state index contributed by atoms with van der Waals surface area (Å²) in [5, 5.41) is 0. The van der Waals surface area contributed by atoms with Crippen LogP contribution in [0.2, 0.25) is 0 Å². The molecule has 1 heterocycles. The lowest BCUT2D eigenvalue weighted by Gasteiger charge is -2.21. The third kappa shape index (κ3) is 3.48. The Labute approximate surface area is 124 Å². The number of urea groups is 1. The van der Waals surface area contributed by atoms with Crippen molar-refractivity contribution in [3.8, 4) is 0 Å². The van der Waals surface area contributed by atoms with Crippen LogP contribution in [0.15, 0.2) is 30.3 Å². The van der Waals surface area contributed by atoms with Crippen LogP contribution in [-0.4, -0.2) is 40.6 Å². The van der Waals surface area contributed by atoms with E-state index in [1.807, 2.05) is 30.3 Å². The minimum atomic E-state index is -0.518. The van der Waals surface area contributed by atoms with Crippen molar-refractivity contribution in [3.63, 3.8) is 0 Å². The number of hydrogen-bond acceptors (Lipinski definition) is 3. The standard InChI is InChI=1S/C16H20N2O3/c1-16(2,3)13(19)10-17-11-14(20)18(15(17)21)9-12-7-5-4-6-8-12/h4-8H,9-11H2,1-3H3. The van der Waals surface area contributed by atoms with Crippen molar-refractivity contribution in [2.45, 2.75) is 27.3 Å². The molecule has 3 amide bonds. The maximum Gasteiger partial charge on any atom is 0.327 e. The van der Waals surface area contributed by atoms with Crippen LogP contribution in [0, 0.1) is 5.41 Å². The molecule has 1 saturated heterocycles. The van der Waals surface area contributed by atoms with Crippen LogP contribution in [0.5, 0.6) is 0 Å². The van der Waals surface area contributed by atoms with Crippen LogP contribution in [0.1, 0.15) is 26.3 Å². The molecule has 0 radical (unpaired) electrons. The maximum atomic E-state index is 12.3. The monoisotopic (exact) mass is 288 g/mol. The molecule has 0 spiro atoms. The molecule has 2 rings (SSSR count). The van der Waals surface area contributed by atoms with Crippen molar-refractivity contribution >= 4 is 17.7 Å². The van der Waals surface area contributed by atoms with Gasteiger partial charge in [-0.05, 0) is 5.56 Å². The largest absolute Gasteiger partial charge is 0.327 e. The first kappa shape index (κ1) is 15.2. The minimum absolute atomic E-state index is 0.0145. The molecular weight excluding hydrogens is 268 g/mol. The van der Waals surface area contributed by atoms with Crippen molar-refractivity contribution in [1.82, 2.24) is 9.80 Å². The summed E-state index contributed by atoms with van der Waals surface area (Å²) in [5.74, 6) is -0.309. The molecular formula is C16H20N2O3. The number of nitrogens with zero attached hydrogens (tertiary/aromatic N) is 2. The molecule has 1 aromatic carbocycles. The number of carbonyl (C=O) groups is 3. The summed E-state index contributed by atoms with van der Waals surface area (Å²) in [7, 11) is 0. The minimum Gasteiger partial charge on any atom is -0.308 e. The van der Waals surface area contributed by atoms with E-state index < -0.39 is 5.41 Å². The molecule has 112 valence electrons. The van der Waals surface area contributed by atoms with Gasteiger partial charge >= 0.3 is 6.03 Å². The zero-order valence-corrected chi connectivity index (χ0v) is 12.6. The summed E-state index contributed by atoms with van der Waals surface area (Å²) in [5.41, 5.74) is 0.374. The molecule has 0 aromatic heterocycles. The van der Waals surface area contributed by atoms with Gasteiger partial charge in [-0.2, -0.15) is 0 Å². The Balaban J connectivity index is 2.05. The fourth-order valence-electron chi connectivity index (χ4n) is 2.05. The summed E-state index contributed by atoms with van der Waals surface area (Å²) >= 11 is 0. The highest BCUT2D eigenvalue weighted by Crippen LogP contribution is 2.19. The Morgan fingerprint density at radius 3 is 2.33 bits per heavy atom. The molecule has 0 bridgehead atoms. The normalized spacial score (nSPS) is 15.8. The molecule has 0 N–H and O–H groups in total. The molecule has 0 saturated carbocycles. The van der Waals surface area contributed by atoms with E-state index >= 15 is 0 Å². The van der Waals surface area contributed by atoms with Gasteiger partial charge in [0.05, 0.1) is 13.1 Å². The Bertz CT molecular complexity index is 561. The van der Waals surface area contributed by atoms with Gasteiger partial charge in [0, 0.05) is 5.41 Å². The predicted molar refractivity (Wildman–Crippen MR) is 78.4 cm³/mol. The van der Waals surface area contributed by atoms with E-state index in [-0.39, 0.29) is 37.4 Å². The smallest absolute Gasteiger partial charge is 0.308 e. The van der Waals surface area contributed by atoms with E-state index in [1.54, 1.807) is 20.8 Å². The molecule has 21 heavy (non-hydrogen) atoms. The van der Waals surface area contributed by atoms with Gasteiger partial charge in [-0.3, -0.25) is 14.5 Å². The van der Waals surface area contributed by atoms with Crippen LogP contribution in [0.25, 0.3) is 0 Å². The lowest BCUT2D eigenvalue weighted by atomic mass is 9.90. The maximum absolute atomic E-state index is 12.3. The molecule has 5 heteroatoms. The second-order valence-electron chi connectivity index (χ2n) is 6.28. The van der Waals surface area contributed by atoms with E-state index in [9.17, 15) is 14.4 Å². The van der Waals surface area contributed by atoms with Crippen molar-refractivity contribution in [2.75, 3.05) is 13.1 Å². The Hall–Kier alpha value is -2.17. The quantitative estimate of drug-likeness (QED) is 0.797. The highest BCUT2D eigenvalue weighted by atomic mass is 16.2. The molecule has 1 fully saturated rings. The van der Waals surface area contributed by atoms with Gasteiger partial charge < -0.3 is 4.90 Å². The summed E-state index contributed by atoms with van der Waals surface area (Å²) < 4.78 is 0. The molecule has 1 aromatic rings. The summed E-state index contributed by atoms with van der Waals surface area (Å²) in [4.78, 5) is 38.8. The first-order valence-corrected chi connectivity index (χ1v) is 6.95. The number of imide groups is 1. The Morgan fingerprint density at radius 1 is 1.14 bits per heavy atom. The Morgan fingerprint density at radius 2 is 1.76 bits per heavy atom. The van der Waals surface area contributed by atoms with Crippen molar-refractivity contribution in [3.05, 3.63) is 35.9 Å². The molecule has 1 aliphatic rings. The van der Waals surface area contributed by atoms with E-state index in [1.165, 1.54) is 9.80 Å². The number of amides is 3. The third-order valence-corrected chi connectivity index (χ3v) is 3.48. The van der Waals surface area contributed by atoms with Crippen LogP contribution in [0.4, 0.5) is 4.79 Å². The van der Waals surface area contributed by atoms with Crippen LogP contribution >= 0.6 is 0 Å². The van der Waals surface area contributed by atoms with Gasteiger partial charge in [-0.1, -0.05) is 51.1 Å². The van der Waals surface area contributed by atoms with Gasteiger partial charge in [0.15, 0.2) is 5.78 Å². The SMILES string of the molecule is CC(C)(C)C(=O)CN1CC(=O)N(Cc2ccccc2)C1=O. The summed E-state index contributed by atoms with van der Waals surface area (Å²) in [6.45, 7) is 5.63. The lowest BCUT2D eigenvalue weighted by Crippen LogP contribution is -2.38. The van der Waals surface area contributed by atoms with Gasteiger partial charge in [-0.25, -0.2) is 4.79 Å². The average Bonchev–Trinajstić information content (AvgIpc) is 2.67. The van der Waals surface area contributed by atoms with Gasteiger partial charge in [0.2, 0.25) is 0 Å². The lowest BCUT2D eigenvalue weighted by molar-refractivity contribution is -0.127. The van der Waals surface area contributed by atoms with Crippen LogP contribution < -0.4 is 0 Å². The number of ketones is 1. The van der Waals surface area contributed by atoms with Crippen molar-refractivity contribution in [1.29, 1.82) is 0 Å². The van der Waals surface area contributed by atoms with E-state index in [0.29, 0.717) is 0 Å². The molecule has 0 aliphatic carbocycles. The zero-order valence-electron chi connectivity index (χ0n) is 12.6. The predicted octanol–water partition coefficient (Wildman–Crippen LogP) is 2.07. The molecule has 1 aliphatic heterocycles. The number of rotatable bonds is 4. The van der Waals surface area contributed by atoms with Crippen molar-refractivity contribution in [2.24, 2.45) is 5.41 Å². The molecule has 5 nitrogen and oxygen atoms in total. The average molecular weight is 288 g/mol.